The molecular weight excluding hydrogens is 280 g/mol. The van der Waals surface area contributed by atoms with E-state index in [9.17, 15) is 4.79 Å². The number of pyridine rings is 1. The van der Waals surface area contributed by atoms with Gasteiger partial charge in [0.15, 0.2) is 0 Å². The number of hydrogen-bond donors (Lipinski definition) is 2. The first-order valence-electron chi connectivity index (χ1n) is 8.09. The minimum Gasteiger partial charge on any atom is -0.378 e. The number of nitrogens with zero attached hydrogens (tertiary/aromatic N) is 2. The lowest BCUT2D eigenvalue weighted by molar-refractivity contribution is -0.125. The number of ether oxygens (including phenoxy) is 1. The predicted octanol–water partition coefficient (Wildman–Crippen LogP) is 0.534. The van der Waals surface area contributed by atoms with Gasteiger partial charge < -0.3 is 20.3 Å². The summed E-state index contributed by atoms with van der Waals surface area (Å²) >= 11 is 0. The molecule has 22 heavy (non-hydrogen) atoms. The number of amides is 1. The molecule has 2 saturated heterocycles. The summed E-state index contributed by atoms with van der Waals surface area (Å²) < 4.78 is 5.35. The Hall–Kier alpha value is -1.66. The average molecular weight is 304 g/mol. The number of hydrogen-bond acceptors (Lipinski definition) is 5. The number of rotatable bonds is 4. The van der Waals surface area contributed by atoms with E-state index < -0.39 is 0 Å². The summed E-state index contributed by atoms with van der Waals surface area (Å²) in [7, 11) is 0. The first-order valence-corrected chi connectivity index (χ1v) is 8.09. The molecule has 1 unspecified atom stereocenters. The van der Waals surface area contributed by atoms with Crippen LogP contribution in [-0.4, -0.2) is 50.3 Å². The maximum Gasteiger partial charge on any atom is 0.224 e. The van der Waals surface area contributed by atoms with Crippen LogP contribution in [0.4, 0.5) is 5.82 Å². The molecule has 120 valence electrons. The van der Waals surface area contributed by atoms with Crippen molar-refractivity contribution in [2.24, 2.45) is 5.92 Å². The molecule has 1 amide bonds. The van der Waals surface area contributed by atoms with Crippen molar-refractivity contribution < 1.29 is 9.53 Å². The molecule has 0 bridgehead atoms. The second-order valence-corrected chi connectivity index (χ2v) is 5.89. The van der Waals surface area contributed by atoms with E-state index in [4.69, 9.17) is 4.74 Å². The van der Waals surface area contributed by atoms with E-state index in [0.29, 0.717) is 6.54 Å². The first-order chi connectivity index (χ1) is 10.8. The van der Waals surface area contributed by atoms with Crippen molar-refractivity contribution >= 4 is 11.7 Å². The SMILES string of the molecule is O=C(NCc1ccc(N2CCOCC2)nc1)C1CCCNC1. The maximum absolute atomic E-state index is 12.1. The van der Waals surface area contributed by atoms with Gasteiger partial charge >= 0.3 is 0 Å². The summed E-state index contributed by atoms with van der Waals surface area (Å²) in [5.41, 5.74) is 1.04. The Bertz CT molecular complexity index is 479. The minimum atomic E-state index is 0.106. The molecule has 0 aliphatic carbocycles. The standard InChI is InChI=1S/C16H24N4O2/c21-16(14-2-1-5-17-12-14)19-11-13-3-4-15(18-10-13)20-6-8-22-9-7-20/h3-4,10,14,17H,1-2,5-9,11-12H2,(H,19,21). The predicted molar refractivity (Wildman–Crippen MR) is 84.7 cm³/mol. The number of anilines is 1. The quantitative estimate of drug-likeness (QED) is 0.849. The number of aromatic nitrogens is 1. The topological polar surface area (TPSA) is 66.5 Å². The van der Waals surface area contributed by atoms with E-state index in [2.05, 4.69) is 20.5 Å². The lowest BCUT2D eigenvalue weighted by Gasteiger charge is -2.27. The third-order valence-corrected chi connectivity index (χ3v) is 4.28. The second-order valence-electron chi connectivity index (χ2n) is 5.89. The van der Waals surface area contributed by atoms with Gasteiger partial charge in [-0.05, 0) is 31.0 Å². The lowest BCUT2D eigenvalue weighted by atomic mass is 9.99. The zero-order valence-corrected chi connectivity index (χ0v) is 12.9. The van der Waals surface area contributed by atoms with E-state index >= 15 is 0 Å². The highest BCUT2D eigenvalue weighted by Gasteiger charge is 2.20. The van der Waals surface area contributed by atoms with Gasteiger partial charge in [-0.3, -0.25) is 4.79 Å². The number of morpholine rings is 1. The van der Waals surface area contributed by atoms with Crippen LogP contribution in [0.5, 0.6) is 0 Å². The zero-order chi connectivity index (χ0) is 15.2. The van der Waals surface area contributed by atoms with Crippen molar-refractivity contribution in [1.82, 2.24) is 15.6 Å². The third-order valence-electron chi connectivity index (χ3n) is 4.28. The Morgan fingerprint density at radius 1 is 1.41 bits per heavy atom. The van der Waals surface area contributed by atoms with Gasteiger partial charge in [0, 0.05) is 32.4 Å². The summed E-state index contributed by atoms with van der Waals surface area (Å²) in [6.07, 6.45) is 3.91. The molecule has 2 N–H and O–H groups in total. The van der Waals surface area contributed by atoms with Gasteiger partial charge in [-0.2, -0.15) is 0 Å². The highest BCUT2D eigenvalue weighted by molar-refractivity contribution is 5.78. The summed E-state index contributed by atoms with van der Waals surface area (Å²) in [6.45, 7) is 5.65. The summed E-state index contributed by atoms with van der Waals surface area (Å²) in [4.78, 5) is 18.8. The van der Waals surface area contributed by atoms with E-state index in [1.54, 1.807) is 0 Å². The molecule has 2 aliphatic heterocycles. The van der Waals surface area contributed by atoms with Gasteiger partial charge in [0.1, 0.15) is 5.82 Å². The van der Waals surface area contributed by atoms with Crippen molar-refractivity contribution in [3.05, 3.63) is 23.9 Å². The van der Waals surface area contributed by atoms with Crippen LogP contribution in [0.2, 0.25) is 0 Å². The average Bonchev–Trinajstić information content (AvgIpc) is 2.61. The van der Waals surface area contributed by atoms with Crippen molar-refractivity contribution in [3.8, 4) is 0 Å². The summed E-state index contributed by atoms with van der Waals surface area (Å²) in [5.74, 6) is 1.23. The molecule has 2 fully saturated rings. The molecule has 0 radical (unpaired) electrons. The van der Waals surface area contributed by atoms with Crippen LogP contribution in [-0.2, 0) is 16.1 Å². The largest absolute Gasteiger partial charge is 0.378 e. The second kappa shape index (κ2) is 7.56. The molecule has 6 heteroatoms. The van der Waals surface area contributed by atoms with Crippen LogP contribution >= 0.6 is 0 Å². The van der Waals surface area contributed by atoms with Crippen molar-refractivity contribution in [2.45, 2.75) is 19.4 Å². The van der Waals surface area contributed by atoms with Gasteiger partial charge in [0.25, 0.3) is 0 Å². The molecule has 0 saturated carbocycles. The van der Waals surface area contributed by atoms with Gasteiger partial charge in [-0.25, -0.2) is 4.98 Å². The lowest BCUT2D eigenvalue weighted by Crippen LogP contribution is -2.40. The Labute approximate surface area is 131 Å². The van der Waals surface area contributed by atoms with Crippen molar-refractivity contribution in [1.29, 1.82) is 0 Å². The highest BCUT2D eigenvalue weighted by Crippen LogP contribution is 2.14. The molecule has 6 nitrogen and oxygen atoms in total. The number of nitrogens with one attached hydrogen (secondary N) is 2. The first kappa shape index (κ1) is 15.2. The maximum atomic E-state index is 12.1. The fourth-order valence-corrected chi connectivity index (χ4v) is 2.91. The Morgan fingerprint density at radius 3 is 2.95 bits per heavy atom. The Morgan fingerprint density at radius 2 is 2.27 bits per heavy atom. The molecule has 3 rings (SSSR count). The normalized spacial score (nSPS) is 22.4. The number of carbonyl (C=O) groups excluding carboxylic acids is 1. The molecule has 1 atom stereocenters. The van der Waals surface area contributed by atoms with Gasteiger partial charge in [0.2, 0.25) is 5.91 Å². The summed E-state index contributed by atoms with van der Waals surface area (Å²) in [6, 6.07) is 4.06. The third kappa shape index (κ3) is 3.96. The van der Waals surface area contributed by atoms with Crippen LogP contribution < -0.4 is 15.5 Å². The molecule has 1 aromatic heterocycles. The van der Waals surface area contributed by atoms with E-state index in [-0.39, 0.29) is 11.8 Å². The molecule has 3 heterocycles. The van der Waals surface area contributed by atoms with Crippen LogP contribution in [0.1, 0.15) is 18.4 Å². The number of piperidine rings is 1. The molecule has 0 aromatic carbocycles. The summed E-state index contributed by atoms with van der Waals surface area (Å²) in [5, 5.41) is 6.28. The zero-order valence-electron chi connectivity index (χ0n) is 12.9. The number of carbonyl (C=O) groups is 1. The van der Waals surface area contributed by atoms with Gasteiger partial charge in [-0.15, -0.1) is 0 Å². The minimum absolute atomic E-state index is 0.106. The van der Waals surface area contributed by atoms with Crippen LogP contribution in [0.15, 0.2) is 18.3 Å². The smallest absolute Gasteiger partial charge is 0.224 e. The van der Waals surface area contributed by atoms with Crippen molar-refractivity contribution in [2.75, 3.05) is 44.3 Å². The van der Waals surface area contributed by atoms with Gasteiger partial charge in [0.05, 0.1) is 19.1 Å². The fraction of sp³-hybridized carbons (Fsp3) is 0.625. The molecule has 0 spiro atoms. The van der Waals surface area contributed by atoms with Crippen molar-refractivity contribution in [3.63, 3.8) is 0 Å². The monoisotopic (exact) mass is 304 g/mol. The molecule has 2 aliphatic rings. The van der Waals surface area contributed by atoms with E-state index in [0.717, 1.165) is 63.6 Å². The van der Waals surface area contributed by atoms with E-state index in [1.807, 2.05) is 18.3 Å². The van der Waals surface area contributed by atoms with Crippen LogP contribution in [0.3, 0.4) is 0 Å². The molecule has 1 aromatic rings. The Kier molecular flexibility index (Phi) is 5.24. The van der Waals surface area contributed by atoms with Crippen LogP contribution in [0, 0.1) is 5.92 Å². The van der Waals surface area contributed by atoms with E-state index in [1.165, 1.54) is 0 Å². The van der Waals surface area contributed by atoms with Crippen LogP contribution in [0.25, 0.3) is 0 Å². The molecular formula is C16H24N4O2. The highest BCUT2D eigenvalue weighted by atomic mass is 16.5. The Balaban J connectivity index is 1.49. The van der Waals surface area contributed by atoms with Gasteiger partial charge in [-0.1, -0.05) is 6.07 Å². The fourth-order valence-electron chi connectivity index (χ4n) is 2.91.